The SMILES string of the molecule is Cc1sc(NC(=O)C2CCN(C(=O)N(C)C)CC2)nc1-c1ccc(OC(F)F)cc1. The Morgan fingerprint density at radius 2 is 1.87 bits per heavy atom. The molecule has 1 fully saturated rings. The third-order valence-corrected chi connectivity index (χ3v) is 5.78. The summed E-state index contributed by atoms with van der Waals surface area (Å²) >= 11 is 1.36. The van der Waals surface area contributed by atoms with E-state index < -0.39 is 6.61 Å². The van der Waals surface area contributed by atoms with Gasteiger partial charge in [0.1, 0.15) is 5.75 Å². The van der Waals surface area contributed by atoms with Crippen LogP contribution in [-0.4, -0.2) is 60.5 Å². The number of ether oxygens (including phenoxy) is 1. The maximum atomic E-state index is 12.6. The van der Waals surface area contributed by atoms with E-state index in [9.17, 15) is 18.4 Å². The highest BCUT2D eigenvalue weighted by molar-refractivity contribution is 7.16. The van der Waals surface area contributed by atoms with Crippen molar-refractivity contribution < 1.29 is 23.1 Å². The molecule has 0 unspecified atom stereocenters. The number of amides is 3. The first-order chi connectivity index (χ1) is 14.2. The van der Waals surface area contributed by atoms with Gasteiger partial charge in [-0.3, -0.25) is 4.79 Å². The normalized spacial score (nSPS) is 14.7. The van der Waals surface area contributed by atoms with E-state index in [1.54, 1.807) is 31.1 Å². The molecule has 2 heterocycles. The minimum atomic E-state index is -2.87. The predicted octanol–water partition coefficient (Wildman–Crippen LogP) is 4.05. The summed E-state index contributed by atoms with van der Waals surface area (Å²) in [7, 11) is 3.42. The molecule has 7 nitrogen and oxygen atoms in total. The molecule has 0 spiro atoms. The van der Waals surface area contributed by atoms with Crippen LogP contribution in [0.4, 0.5) is 18.7 Å². The predicted molar refractivity (Wildman–Crippen MR) is 111 cm³/mol. The molecule has 3 amide bonds. The average molecular weight is 439 g/mol. The van der Waals surface area contributed by atoms with Gasteiger partial charge in [0.15, 0.2) is 5.13 Å². The highest BCUT2D eigenvalue weighted by atomic mass is 32.1. The number of halogens is 2. The van der Waals surface area contributed by atoms with Crippen LogP contribution in [0, 0.1) is 12.8 Å². The highest BCUT2D eigenvalue weighted by Crippen LogP contribution is 2.32. The summed E-state index contributed by atoms with van der Waals surface area (Å²) in [6.07, 6.45) is 1.21. The number of thiazole rings is 1. The number of aryl methyl sites for hydroxylation is 1. The van der Waals surface area contributed by atoms with Crippen LogP contribution in [0.2, 0.25) is 0 Å². The zero-order valence-electron chi connectivity index (χ0n) is 17.0. The van der Waals surface area contributed by atoms with Crippen LogP contribution in [0.5, 0.6) is 5.75 Å². The van der Waals surface area contributed by atoms with Crippen LogP contribution < -0.4 is 10.1 Å². The fraction of sp³-hybridized carbons (Fsp3) is 0.450. The second-order valence-electron chi connectivity index (χ2n) is 7.25. The largest absolute Gasteiger partial charge is 0.435 e. The molecule has 0 atom stereocenters. The third kappa shape index (κ3) is 5.24. The number of hydrogen-bond donors (Lipinski definition) is 1. The highest BCUT2D eigenvalue weighted by Gasteiger charge is 2.28. The van der Waals surface area contributed by atoms with Gasteiger partial charge in [-0.1, -0.05) is 0 Å². The van der Waals surface area contributed by atoms with Gasteiger partial charge in [0, 0.05) is 43.5 Å². The summed E-state index contributed by atoms with van der Waals surface area (Å²) in [4.78, 5) is 33.3. The first kappa shape index (κ1) is 21.9. The fourth-order valence-electron chi connectivity index (χ4n) is 3.34. The summed E-state index contributed by atoms with van der Waals surface area (Å²) in [5.41, 5.74) is 1.44. The van der Waals surface area contributed by atoms with Crippen molar-refractivity contribution in [1.82, 2.24) is 14.8 Å². The van der Waals surface area contributed by atoms with E-state index in [4.69, 9.17) is 0 Å². The summed E-state index contributed by atoms with van der Waals surface area (Å²) in [5, 5.41) is 3.37. The number of carbonyl (C=O) groups excluding carboxylic acids is 2. The molecule has 0 saturated carbocycles. The van der Waals surface area contributed by atoms with Crippen LogP contribution in [0.15, 0.2) is 24.3 Å². The lowest BCUT2D eigenvalue weighted by Crippen LogP contribution is -2.45. The lowest BCUT2D eigenvalue weighted by Gasteiger charge is -2.32. The van der Waals surface area contributed by atoms with E-state index in [1.807, 2.05) is 6.92 Å². The van der Waals surface area contributed by atoms with Gasteiger partial charge in [0.05, 0.1) is 5.69 Å². The van der Waals surface area contributed by atoms with E-state index in [2.05, 4.69) is 15.0 Å². The third-order valence-electron chi connectivity index (χ3n) is 4.90. The minimum absolute atomic E-state index is 0.0426. The number of nitrogens with one attached hydrogen (secondary N) is 1. The Morgan fingerprint density at radius 3 is 2.43 bits per heavy atom. The molecule has 1 aromatic heterocycles. The van der Waals surface area contributed by atoms with Gasteiger partial charge in [0.25, 0.3) is 0 Å². The Morgan fingerprint density at radius 1 is 1.23 bits per heavy atom. The second-order valence-corrected chi connectivity index (χ2v) is 8.46. The number of rotatable bonds is 5. The van der Waals surface area contributed by atoms with Crippen molar-refractivity contribution >= 4 is 28.4 Å². The number of piperidine rings is 1. The smallest absolute Gasteiger partial charge is 0.387 e. The molecule has 1 aliphatic rings. The maximum Gasteiger partial charge on any atom is 0.387 e. The summed E-state index contributed by atoms with van der Waals surface area (Å²) in [5.74, 6) is -0.197. The van der Waals surface area contributed by atoms with Crippen LogP contribution in [0.1, 0.15) is 17.7 Å². The zero-order valence-corrected chi connectivity index (χ0v) is 17.8. The van der Waals surface area contributed by atoms with Gasteiger partial charge in [-0.05, 0) is 44.0 Å². The lowest BCUT2D eigenvalue weighted by molar-refractivity contribution is -0.121. The number of hydrogen-bond acceptors (Lipinski definition) is 5. The van der Waals surface area contributed by atoms with Crippen molar-refractivity contribution in [3.63, 3.8) is 0 Å². The van der Waals surface area contributed by atoms with E-state index in [1.165, 1.54) is 28.4 Å². The number of urea groups is 1. The zero-order chi connectivity index (χ0) is 21.8. The first-order valence-corrected chi connectivity index (χ1v) is 10.4. The molecule has 0 radical (unpaired) electrons. The van der Waals surface area contributed by atoms with E-state index >= 15 is 0 Å². The molecule has 0 bridgehead atoms. The Hall–Kier alpha value is -2.75. The summed E-state index contributed by atoms with van der Waals surface area (Å²) < 4.78 is 28.9. The Bertz CT molecular complexity index is 894. The van der Waals surface area contributed by atoms with Crippen LogP contribution in [0.25, 0.3) is 11.3 Å². The summed E-state index contributed by atoms with van der Waals surface area (Å²) in [6, 6.07) is 6.19. The molecule has 1 N–H and O–H groups in total. The number of likely N-dealkylation sites (tertiary alicyclic amines) is 1. The number of carbonyl (C=O) groups is 2. The lowest BCUT2D eigenvalue weighted by atomic mass is 9.96. The van der Waals surface area contributed by atoms with Gasteiger partial charge in [-0.25, -0.2) is 9.78 Å². The van der Waals surface area contributed by atoms with Crippen molar-refractivity contribution in [2.24, 2.45) is 5.92 Å². The van der Waals surface area contributed by atoms with Gasteiger partial charge in [-0.2, -0.15) is 8.78 Å². The number of nitrogens with zero attached hydrogens (tertiary/aromatic N) is 3. The van der Waals surface area contributed by atoms with Crippen LogP contribution in [-0.2, 0) is 4.79 Å². The quantitative estimate of drug-likeness (QED) is 0.764. The Kier molecular flexibility index (Phi) is 6.86. The van der Waals surface area contributed by atoms with Gasteiger partial charge < -0.3 is 19.9 Å². The van der Waals surface area contributed by atoms with E-state index in [0.29, 0.717) is 36.8 Å². The van der Waals surface area contributed by atoms with Crippen molar-refractivity contribution in [2.75, 3.05) is 32.5 Å². The first-order valence-electron chi connectivity index (χ1n) is 9.54. The minimum Gasteiger partial charge on any atom is -0.435 e. The van der Waals surface area contributed by atoms with E-state index in [-0.39, 0.29) is 23.6 Å². The molecule has 162 valence electrons. The average Bonchev–Trinajstić information content (AvgIpc) is 3.07. The maximum absolute atomic E-state index is 12.6. The molecule has 3 rings (SSSR count). The molecular formula is C20H24F2N4O3S. The van der Waals surface area contributed by atoms with Gasteiger partial charge >= 0.3 is 12.6 Å². The number of anilines is 1. The topological polar surface area (TPSA) is 74.8 Å². The fourth-order valence-corrected chi connectivity index (χ4v) is 4.17. The Balaban J connectivity index is 1.60. The molecular weight excluding hydrogens is 414 g/mol. The number of alkyl halides is 2. The second kappa shape index (κ2) is 9.38. The van der Waals surface area contributed by atoms with Crippen molar-refractivity contribution in [2.45, 2.75) is 26.4 Å². The molecule has 30 heavy (non-hydrogen) atoms. The molecule has 0 aliphatic carbocycles. The summed E-state index contributed by atoms with van der Waals surface area (Å²) in [6.45, 7) is 0.109. The van der Waals surface area contributed by atoms with Gasteiger partial charge in [0.2, 0.25) is 5.91 Å². The monoisotopic (exact) mass is 438 g/mol. The Labute approximate surface area is 177 Å². The van der Waals surface area contributed by atoms with Gasteiger partial charge in [-0.15, -0.1) is 11.3 Å². The molecule has 1 aliphatic heterocycles. The molecule has 1 saturated heterocycles. The van der Waals surface area contributed by atoms with Crippen LogP contribution >= 0.6 is 11.3 Å². The van der Waals surface area contributed by atoms with Crippen LogP contribution in [0.3, 0.4) is 0 Å². The molecule has 1 aromatic carbocycles. The molecule has 10 heteroatoms. The number of benzene rings is 1. The number of aromatic nitrogens is 1. The molecule has 2 aromatic rings. The van der Waals surface area contributed by atoms with Crippen molar-refractivity contribution in [3.8, 4) is 17.0 Å². The standard InChI is InChI=1S/C20H24F2N4O3S/c1-12-16(13-4-6-15(7-5-13)29-18(21)22)23-19(30-12)24-17(27)14-8-10-26(11-9-14)20(28)25(2)3/h4-7,14,18H,8-11H2,1-3H3,(H,23,24,27). The van der Waals surface area contributed by atoms with Crippen molar-refractivity contribution in [1.29, 1.82) is 0 Å². The van der Waals surface area contributed by atoms with E-state index in [0.717, 1.165) is 10.4 Å². The van der Waals surface area contributed by atoms with Crippen molar-refractivity contribution in [3.05, 3.63) is 29.1 Å².